The van der Waals surface area contributed by atoms with E-state index in [4.69, 9.17) is 0 Å². The Kier molecular flexibility index (Phi) is 10.7. The van der Waals surface area contributed by atoms with Gasteiger partial charge in [0.05, 0.1) is 25.7 Å². The number of hydrogen-bond acceptors (Lipinski definition) is 8. The maximum Gasteiger partial charge on any atom is 0.307 e. The van der Waals surface area contributed by atoms with E-state index in [1.54, 1.807) is 0 Å². The van der Waals surface area contributed by atoms with E-state index in [2.05, 4.69) is 0 Å². The molecule has 3 aromatic carbocycles. The molecule has 0 radical (unpaired) electrons. The van der Waals surface area contributed by atoms with Crippen molar-refractivity contribution in [2.75, 3.05) is 0 Å². The summed E-state index contributed by atoms with van der Waals surface area (Å²) in [5.74, 6) is -3.64. The fourth-order valence-electron chi connectivity index (χ4n) is 6.35. The lowest BCUT2D eigenvalue weighted by Crippen LogP contribution is -2.00. The molecule has 0 atom stereocenters. The highest BCUT2D eigenvalue weighted by Gasteiger charge is 2.19. The first-order chi connectivity index (χ1) is 26.0. The molecule has 0 aliphatic heterocycles. The maximum atomic E-state index is 11.9. The van der Waals surface area contributed by atoms with Crippen molar-refractivity contribution in [2.45, 2.75) is 25.7 Å². The van der Waals surface area contributed by atoms with E-state index in [-0.39, 0.29) is 25.7 Å². The second-order valence-corrected chi connectivity index (χ2v) is 16.4. The first-order valence-electron chi connectivity index (χ1n) is 16.6. The highest BCUT2D eigenvalue weighted by molar-refractivity contribution is 7.19. The van der Waals surface area contributed by atoms with Gasteiger partial charge in [0.25, 0.3) is 0 Å². The van der Waals surface area contributed by atoms with E-state index in [0.717, 1.165) is 73.8 Å². The summed E-state index contributed by atoms with van der Waals surface area (Å²) < 4.78 is 0. The highest BCUT2D eigenvalue weighted by atomic mass is 32.1. The number of rotatable bonds is 14. The second kappa shape index (κ2) is 15.7. The van der Waals surface area contributed by atoms with Crippen LogP contribution in [-0.4, -0.2) is 44.3 Å². The molecular formula is C42H30O8S4. The lowest BCUT2D eigenvalue weighted by molar-refractivity contribution is -0.137. The van der Waals surface area contributed by atoms with Crippen LogP contribution in [0, 0.1) is 0 Å². The van der Waals surface area contributed by atoms with E-state index in [0.29, 0.717) is 11.1 Å². The maximum absolute atomic E-state index is 11.9. The number of carboxylic acid groups (broad SMARTS) is 4. The van der Waals surface area contributed by atoms with Crippen molar-refractivity contribution >= 4 is 69.2 Å². The number of carboxylic acids is 4. The zero-order chi connectivity index (χ0) is 37.9. The van der Waals surface area contributed by atoms with Crippen molar-refractivity contribution in [3.8, 4) is 62.6 Å². The number of aliphatic carboxylic acids is 4. The van der Waals surface area contributed by atoms with E-state index in [1.807, 2.05) is 108 Å². The number of hydrogen-bond donors (Lipinski definition) is 4. The lowest BCUT2D eigenvalue weighted by Gasteiger charge is -2.06. The van der Waals surface area contributed by atoms with Crippen LogP contribution in [0.15, 0.2) is 108 Å². The minimum atomic E-state index is -0.931. The van der Waals surface area contributed by atoms with E-state index in [9.17, 15) is 39.6 Å². The molecule has 0 aliphatic carbocycles. The Labute approximate surface area is 325 Å². The molecule has 4 N–H and O–H groups in total. The van der Waals surface area contributed by atoms with Crippen LogP contribution in [-0.2, 0) is 44.9 Å². The summed E-state index contributed by atoms with van der Waals surface area (Å²) in [4.78, 5) is 51.7. The third-order valence-corrected chi connectivity index (χ3v) is 13.3. The van der Waals surface area contributed by atoms with Gasteiger partial charge in [0, 0.05) is 29.3 Å². The fraction of sp³-hybridized carbons (Fsp3) is 0.0952. The van der Waals surface area contributed by atoms with Crippen LogP contribution in [0.25, 0.3) is 62.6 Å². The molecule has 0 saturated carbocycles. The Balaban J connectivity index is 1.15. The molecule has 54 heavy (non-hydrogen) atoms. The van der Waals surface area contributed by atoms with Crippen molar-refractivity contribution in [2.24, 2.45) is 0 Å². The van der Waals surface area contributed by atoms with Crippen molar-refractivity contribution in [3.05, 3.63) is 130 Å². The van der Waals surface area contributed by atoms with Gasteiger partial charge in [0.15, 0.2) is 0 Å². The average molecular weight is 791 g/mol. The van der Waals surface area contributed by atoms with Crippen molar-refractivity contribution < 1.29 is 39.6 Å². The molecule has 0 aliphatic rings. The monoisotopic (exact) mass is 790 g/mol. The van der Waals surface area contributed by atoms with Crippen LogP contribution in [0.4, 0.5) is 0 Å². The van der Waals surface area contributed by atoms with E-state index >= 15 is 0 Å². The molecule has 7 rings (SSSR count). The SMILES string of the molecule is O=C(O)Cc1ccsc1-c1ccc(-c2sc(-c3ccc(-c4cc(CC(=O)O)c(-c5ccc(-c6sccc6CC(=O)O)cc5)s4)cc3)cc2CC(=O)O)cc1. The van der Waals surface area contributed by atoms with Gasteiger partial charge >= 0.3 is 23.9 Å². The Hall–Kier alpha value is -5.66. The molecular weight excluding hydrogens is 761 g/mol. The molecule has 4 heterocycles. The van der Waals surface area contributed by atoms with Gasteiger partial charge in [0.1, 0.15) is 0 Å². The summed E-state index contributed by atoms with van der Waals surface area (Å²) >= 11 is 5.99. The van der Waals surface area contributed by atoms with Gasteiger partial charge in [-0.2, -0.15) is 0 Å². The highest BCUT2D eigenvalue weighted by Crippen LogP contribution is 2.43. The predicted octanol–water partition coefficient (Wildman–Crippen LogP) is 10.4. The molecule has 0 saturated heterocycles. The largest absolute Gasteiger partial charge is 0.481 e. The molecule has 270 valence electrons. The average Bonchev–Trinajstić information content (AvgIpc) is 3.95. The van der Waals surface area contributed by atoms with Gasteiger partial charge < -0.3 is 20.4 Å². The molecule has 0 amide bonds. The molecule has 7 aromatic rings. The molecule has 0 unspecified atom stereocenters. The molecule has 0 fully saturated rings. The Morgan fingerprint density at radius 3 is 0.963 bits per heavy atom. The third kappa shape index (κ3) is 8.12. The van der Waals surface area contributed by atoms with Crippen LogP contribution in [0.1, 0.15) is 22.3 Å². The Morgan fingerprint density at radius 1 is 0.370 bits per heavy atom. The third-order valence-electron chi connectivity index (χ3n) is 8.75. The van der Waals surface area contributed by atoms with Crippen LogP contribution >= 0.6 is 45.3 Å². The zero-order valence-electron chi connectivity index (χ0n) is 28.3. The standard InChI is InChI=1S/C42H30O8S4/c43-35(44)19-29-13-15-51-39(29)25-5-9-27(10-6-25)41-31(21-37(47)48)17-33(53-41)23-1-2-24(4-3-23)34-18-32(22-38(49)50)42(54-34)28-11-7-26(8-12-28)40-30(14-16-52-40)20-36(45)46/h1-18H,19-22H2,(H,43,44)(H,45,46)(H,47,48)(H,49,50). The van der Waals surface area contributed by atoms with E-state index in [1.165, 1.54) is 45.3 Å². The smallest absolute Gasteiger partial charge is 0.307 e. The predicted molar refractivity (Wildman–Crippen MR) is 216 cm³/mol. The van der Waals surface area contributed by atoms with Gasteiger partial charge in [-0.05, 0) is 90.7 Å². The Morgan fingerprint density at radius 2 is 0.648 bits per heavy atom. The first-order valence-corrected chi connectivity index (χ1v) is 20.0. The number of thiophene rings is 4. The molecule has 8 nitrogen and oxygen atoms in total. The van der Waals surface area contributed by atoms with E-state index < -0.39 is 23.9 Å². The quantitative estimate of drug-likeness (QED) is 0.0851. The van der Waals surface area contributed by atoms with Crippen molar-refractivity contribution in [1.29, 1.82) is 0 Å². The minimum absolute atomic E-state index is 0.0584. The first kappa shape index (κ1) is 36.7. The Bertz CT molecular complexity index is 2320. The van der Waals surface area contributed by atoms with Gasteiger partial charge in [-0.15, -0.1) is 45.3 Å². The summed E-state index contributed by atoms with van der Waals surface area (Å²) in [6.07, 6.45) is -0.392. The van der Waals surface area contributed by atoms with Gasteiger partial charge in [-0.3, -0.25) is 19.2 Å². The second-order valence-electron chi connectivity index (χ2n) is 12.5. The summed E-state index contributed by atoms with van der Waals surface area (Å²) in [5, 5.41) is 41.8. The molecule has 0 spiro atoms. The van der Waals surface area contributed by atoms with Crippen LogP contribution in [0.3, 0.4) is 0 Å². The fourth-order valence-corrected chi connectivity index (χ4v) is 10.6. The summed E-state index contributed by atoms with van der Waals surface area (Å²) in [6, 6.07) is 31.0. The van der Waals surface area contributed by atoms with Crippen LogP contribution < -0.4 is 0 Å². The van der Waals surface area contributed by atoms with Gasteiger partial charge in [-0.1, -0.05) is 72.8 Å². The molecule has 4 aromatic heterocycles. The zero-order valence-corrected chi connectivity index (χ0v) is 31.5. The van der Waals surface area contributed by atoms with Crippen molar-refractivity contribution in [3.63, 3.8) is 0 Å². The number of benzene rings is 3. The number of carbonyl (C=O) groups is 4. The summed E-state index contributed by atoms with van der Waals surface area (Å²) in [7, 11) is 0. The lowest BCUT2D eigenvalue weighted by atomic mass is 10.0. The summed E-state index contributed by atoms with van der Waals surface area (Å²) in [6.45, 7) is 0. The normalized spacial score (nSPS) is 11.1. The molecule has 0 bridgehead atoms. The topological polar surface area (TPSA) is 149 Å². The van der Waals surface area contributed by atoms with Crippen LogP contribution in [0.5, 0.6) is 0 Å². The van der Waals surface area contributed by atoms with Gasteiger partial charge in [0.2, 0.25) is 0 Å². The minimum Gasteiger partial charge on any atom is -0.481 e. The summed E-state index contributed by atoms with van der Waals surface area (Å²) in [5.41, 5.74) is 8.31. The van der Waals surface area contributed by atoms with Crippen molar-refractivity contribution in [1.82, 2.24) is 0 Å². The van der Waals surface area contributed by atoms with Crippen LogP contribution in [0.2, 0.25) is 0 Å². The van der Waals surface area contributed by atoms with Gasteiger partial charge in [-0.25, -0.2) is 0 Å². The molecule has 12 heteroatoms.